The summed E-state index contributed by atoms with van der Waals surface area (Å²) in [7, 11) is 1.81. The van der Waals surface area contributed by atoms with Crippen molar-refractivity contribution in [3.8, 4) is 11.1 Å². The summed E-state index contributed by atoms with van der Waals surface area (Å²) in [6.07, 6.45) is -0.613. The fraction of sp³-hybridized carbons (Fsp3) is 0.364. The number of nitrogens with one attached hydrogen (secondary N) is 1. The number of halogens is 3. The molecule has 1 aromatic carbocycles. The van der Waals surface area contributed by atoms with Crippen molar-refractivity contribution in [3.05, 3.63) is 48.3 Å². The van der Waals surface area contributed by atoms with Crippen LogP contribution in [0.2, 0.25) is 0 Å². The van der Waals surface area contributed by atoms with E-state index in [0.29, 0.717) is 19.5 Å². The molecule has 1 atom stereocenters. The molecule has 0 saturated carbocycles. The third-order valence-electron chi connectivity index (χ3n) is 5.53. The maximum Gasteiger partial charge on any atom is 0.389 e. The van der Waals surface area contributed by atoms with Crippen molar-refractivity contribution in [2.45, 2.75) is 25.9 Å². The first kappa shape index (κ1) is 19.5. The van der Waals surface area contributed by atoms with Crippen molar-refractivity contribution in [1.82, 2.24) is 9.97 Å². The predicted molar refractivity (Wildman–Crippen MR) is 110 cm³/mol. The molecule has 3 heterocycles. The largest absolute Gasteiger partial charge is 0.389 e. The van der Waals surface area contributed by atoms with E-state index < -0.39 is 12.6 Å². The summed E-state index contributed by atoms with van der Waals surface area (Å²) in [6, 6.07) is 10.0. The zero-order valence-corrected chi connectivity index (χ0v) is 16.4. The molecule has 29 heavy (non-hydrogen) atoms. The Kier molecular flexibility index (Phi) is 5.06. The maximum atomic E-state index is 12.7. The van der Waals surface area contributed by atoms with Crippen molar-refractivity contribution in [2.75, 3.05) is 30.4 Å². The highest BCUT2D eigenvalue weighted by atomic mass is 19.4. The fourth-order valence-corrected chi connectivity index (χ4v) is 3.99. The van der Waals surface area contributed by atoms with Gasteiger partial charge >= 0.3 is 6.18 Å². The highest BCUT2D eigenvalue weighted by Crippen LogP contribution is 2.35. The van der Waals surface area contributed by atoms with Gasteiger partial charge in [0.1, 0.15) is 5.82 Å². The van der Waals surface area contributed by atoms with E-state index in [1.54, 1.807) is 6.20 Å². The summed E-state index contributed by atoms with van der Waals surface area (Å²) in [5, 5.41) is 3.95. The quantitative estimate of drug-likeness (QED) is 0.634. The number of anilines is 2. The predicted octanol–water partition coefficient (Wildman–Crippen LogP) is 5.43. The van der Waals surface area contributed by atoms with Crippen LogP contribution in [0.15, 0.2) is 42.7 Å². The Balaban J connectivity index is 1.61. The second-order valence-corrected chi connectivity index (χ2v) is 7.66. The molecule has 0 bridgehead atoms. The SMILES string of the molecule is CNc1cc2ncc(-c3cc(N4CCC(CC(F)(F)F)C4)ccc3C)cc2cn1. The minimum absolute atomic E-state index is 0.338. The molecule has 4 rings (SSSR count). The van der Waals surface area contributed by atoms with E-state index in [2.05, 4.69) is 32.3 Å². The molecular formula is C22H23F3N4. The third-order valence-corrected chi connectivity index (χ3v) is 5.53. The molecule has 1 unspecified atom stereocenters. The van der Waals surface area contributed by atoms with Gasteiger partial charge in [0.25, 0.3) is 0 Å². The first-order chi connectivity index (χ1) is 13.8. The normalized spacial score (nSPS) is 17.1. The van der Waals surface area contributed by atoms with E-state index >= 15 is 0 Å². The molecule has 0 aliphatic carbocycles. The molecule has 0 radical (unpaired) electrons. The molecule has 7 heteroatoms. The van der Waals surface area contributed by atoms with Gasteiger partial charge in [-0.3, -0.25) is 4.98 Å². The Bertz CT molecular complexity index is 1030. The highest BCUT2D eigenvalue weighted by Gasteiger charge is 2.35. The van der Waals surface area contributed by atoms with Crippen LogP contribution in [-0.2, 0) is 0 Å². The molecule has 1 aliphatic rings. The average Bonchev–Trinajstić information content (AvgIpc) is 3.14. The van der Waals surface area contributed by atoms with Crippen molar-refractivity contribution >= 4 is 22.4 Å². The molecular weight excluding hydrogens is 377 g/mol. The Labute approximate surface area is 167 Å². The number of benzene rings is 1. The van der Waals surface area contributed by atoms with Gasteiger partial charge in [-0.1, -0.05) is 6.07 Å². The number of aryl methyl sites for hydroxylation is 1. The van der Waals surface area contributed by atoms with Gasteiger partial charge in [-0.2, -0.15) is 13.2 Å². The molecule has 1 N–H and O–H groups in total. The van der Waals surface area contributed by atoms with Crippen LogP contribution in [-0.4, -0.2) is 36.3 Å². The third kappa shape index (κ3) is 4.28. The molecule has 1 saturated heterocycles. The monoisotopic (exact) mass is 400 g/mol. The van der Waals surface area contributed by atoms with E-state index in [1.165, 1.54) is 0 Å². The van der Waals surface area contributed by atoms with Gasteiger partial charge in [-0.05, 0) is 48.6 Å². The minimum atomic E-state index is -4.10. The molecule has 3 aromatic rings. The van der Waals surface area contributed by atoms with Gasteiger partial charge in [0.15, 0.2) is 0 Å². The lowest BCUT2D eigenvalue weighted by Gasteiger charge is -2.21. The Hall–Kier alpha value is -2.83. The topological polar surface area (TPSA) is 41.1 Å². The van der Waals surface area contributed by atoms with Crippen LogP contribution in [0.4, 0.5) is 24.7 Å². The van der Waals surface area contributed by atoms with Crippen LogP contribution in [0.25, 0.3) is 22.0 Å². The van der Waals surface area contributed by atoms with Crippen LogP contribution < -0.4 is 10.2 Å². The number of aromatic nitrogens is 2. The van der Waals surface area contributed by atoms with Crippen molar-refractivity contribution < 1.29 is 13.2 Å². The smallest absolute Gasteiger partial charge is 0.373 e. The van der Waals surface area contributed by atoms with E-state index in [9.17, 15) is 13.2 Å². The number of nitrogens with zero attached hydrogens (tertiary/aromatic N) is 3. The first-order valence-corrected chi connectivity index (χ1v) is 9.69. The van der Waals surface area contributed by atoms with Gasteiger partial charge in [0.05, 0.1) is 5.52 Å². The first-order valence-electron chi connectivity index (χ1n) is 9.69. The van der Waals surface area contributed by atoms with Gasteiger partial charge in [-0.15, -0.1) is 0 Å². The summed E-state index contributed by atoms with van der Waals surface area (Å²) in [4.78, 5) is 11.0. The molecule has 0 spiro atoms. The lowest BCUT2D eigenvalue weighted by Crippen LogP contribution is -2.22. The lowest BCUT2D eigenvalue weighted by atomic mass is 10.00. The van der Waals surface area contributed by atoms with Gasteiger partial charge in [0, 0.05) is 61.7 Å². The minimum Gasteiger partial charge on any atom is -0.373 e. The molecule has 0 amide bonds. The fourth-order valence-electron chi connectivity index (χ4n) is 3.99. The maximum absolute atomic E-state index is 12.7. The summed E-state index contributed by atoms with van der Waals surface area (Å²) in [5.74, 6) is 0.424. The summed E-state index contributed by atoms with van der Waals surface area (Å²) >= 11 is 0. The van der Waals surface area contributed by atoms with E-state index in [4.69, 9.17) is 0 Å². The Morgan fingerprint density at radius 2 is 1.97 bits per heavy atom. The van der Waals surface area contributed by atoms with Gasteiger partial charge in [-0.25, -0.2) is 4.98 Å². The van der Waals surface area contributed by atoms with Gasteiger partial charge < -0.3 is 10.2 Å². The standard InChI is InChI=1S/C22H23F3N4/c1-14-3-4-18(29-6-5-15(13-29)10-22(23,24)25)8-19(14)16-7-17-12-28-21(26-2)9-20(17)27-11-16/h3-4,7-9,11-12,15H,5-6,10,13H2,1-2H3,(H,26,28). The number of hydrogen-bond donors (Lipinski definition) is 1. The molecule has 2 aromatic heterocycles. The average molecular weight is 400 g/mol. The Morgan fingerprint density at radius 1 is 1.14 bits per heavy atom. The summed E-state index contributed by atoms with van der Waals surface area (Å²) in [6.45, 7) is 3.12. The summed E-state index contributed by atoms with van der Waals surface area (Å²) < 4.78 is 38.1. The van der Waals surface area contributed by atoms with Gasteiger partial charge in [0.2, 0.25) is 0 Å². The van der Waals surface area contributed by atoms with E-state index in [0.717, 1.165) is 39.1 Å². The lowest BCUT2D eigenvalue weighted by molar-refractivity contribution is -0.142. The molecule has 4 nitrogen and oxygen atoms in total. The zero-order valence-electron chi connectivity index (χ0n) is 16.4. The molecule has 152 valence electrons. The van der Waals surface area contributed by atoms with Crippen molar-refractivity contribution in [3.63, 3.8) is 0 Å². The number of rotatable bonds is 4. The number of alkyl halides is 3. The van der Waals surface area contributed by atoms with Crippen LogP contribution in [0.3, 0.4) is 0 Å². The van der Waals surface area contributed by atoms with Crippen molar-refractivity contribution in [1.29, 1.82) is 0 Å². The highest BCUT2D eigenvalue weighted by molar-refractivity contribution is 5.85. The van der Waals surface area contributed by atoms with Crippen molar-refractivity contribution in [2.24, 2.45) is 5.92 Å². The number of pyridine rings is 2. The molecule has 1 aliphatic heterocycles. The van der Waals surface area contributed by atoms with Crippen LogP contribution >= 0.6 is 0 Å². The van der Waals surface area contributed by atoms with E-state index in [-0.39, 0.29) is 5.92 Å². The van der Waals surface area contributed by atoms with Crippen LogP contribution in [0.1, 0.15) is 18.4 Å². The Morgan fingerprint density at radius 3 is 2.72 bits per heavy atom. The second kappa shape index (κ2) is 7.54. The number of fused-ring (bicyclic) bond motifs is 1. The zero-order chi connectivity index (χ0) is 20.6. The summed E-state index contributed by atoms with van der Waals surface area (Å²) in [5.41, 5.74) is 4.92. The number of hydrogen-bond acceptors (Lipinski definition) is 4. The second-order valence-electron chi connectivity index (χ2n) is 7.66. The van der Waals surface area contributed by atoms with Crippen LogP contribution in [0.5, 0.6) is 0 Å². The molecule has 1 fully saturated rings. The van der Waals surface area contributed by atoms with Crippen LogP contribution in [0, 0.1) is 12.8 Å². The van der Waals surface area contributed by atoms with E-state index in [1.807, 2.05) is 38.4 Å².